The number of carbonyl (C=O) groups is 1. The molecule has 0 aliphatic carbocycles. The van der Waals surface area contributed by atoms with Gasteiger partial charge in [0.2, 0.25) is 10.0 Å². The molecule has 1 N–H and O–H groups in total. The summed E-state index contributed by atoms with van der Waals surface area (Å²) in [6.07, 6.45) is 0.911. The van der Waals surface area contributed by atoms with Gasteiger partial charge in [-0.2, -0.15) is 4.31 Å². The molecule has 6 nitrogen and oxygen atoms in total. The van der Waals surface area contributed by atoms with Crippen LogP contribution in [0.15, 0.2) is 89.8 Å². The van der Waals surface area contributed by atoms with Crippen LogP contribution in [0.25, 0.3) is 0 Å². The average Bonchev–Trinajstić information content (AvgIpc) is 3.31. The SMILES string of the molecule is Cc1ccc(S(=O)(=O)N2CCC[C@H]2C(=O)N(O)C(c2ccccc2)c2ccccc2)cc1. The monoisotopic (exact) mass is 450 g/mol. The standard InChI is InChI=1S/C25H26N2O4S/c1-19-14-16-22(17-15-19)32(30,31)26-18-8-13-23(26)25(28)27(29)24(20-9-4-2-5-10-20)21-11-6-3-7-12-21/h2-7,9-12,14-17,23-24,29H,8,13,18H2,1H3/t23-/m0/s1. The molecule has 7 heteroatoms. The van der Waals surface area contributed by atoms with Crippen LogP contribution in [-0.4, -0.2) is 41.5 Å². The van der Waals surface area contributed by atoms with Crippen molar-refractivity contribution in [2.75, 3.05) is 6.54 Å². The molecular formula is C25H26N2O4S. The van der Waals surface area contributed by atoms with Gasteiger partial charge in [-0.25, -0.2) is 13.5 Å². The van der Waals surface area contributed by atoms with Crippen molar-refractivity contribution in [3.63, 3.8) is 0 Å². The van der Waals surface area contributed by atoms with Crippen LogP contribution in [0.4, 0.5) is 0 Å². The van der Waals surface area contributed by atoms with E-state index in [1.807, 2.05) is 67.6 Å². The lowest BCUT2D eigenvalue weighted by Gasteiger charge is -2.31. The fourth-order valence-corrected chi connectivity index (χ4v) is 5.80. The second-order valence-electron chi connectivity index (χ2n) is 7.99. The maximum absolute atomic E-state index is 13.4. The van der Waals surface area contributed by atoms with E-state index in [4.69, 9.17) is 0 Å². The van der Waals surface area contributed by atoms with Crippen LogP contribution < -0.4 is 0 Å². The molecule has 1 atom stereocenters. The third-order valence-electron chi connectivity index (χ3n) is 5.82. The van der Waals surface area contributed by atoms with Crippen molar-refractivity contribution in [1.82, 2.24) is 9.37 Å². The van der Waals surface area contributed by atoms with Gasteiger partial charge >= 0.3 is 0 Å². The summed E-state index contributed by atoms with van der Waals surface area (Å²) in [5.74, 6) is -0.629. The number of hydroxylamine groups is 2. The van der Waals surface area contributed by atoms with Crippen LogP contribution in [0.3, 0.4) is 0 Å². The van der Waals surface area contributed by atoms with E-state index < -0.39 is 28.0 Å². The Hall–Kier alpha value is -3.00. The van der Waals surface area contributed by atoms with Crippen LogP contribution in [0.2, 0.25) is 0 Å². The lowest BCUT2D eigenvalue weighted by atomic mass is 9.98. The maximum Gasteiger partial charge on any atom is 0.265 e. The first-order valence-electron chi connectivity index (χ1n) is 10.6. The molecule has 1 aliphatic rings. The number of hydrogen-bond acceptors (Lipinski definition) is 4. The van der Waals surface area contributed by atoms with Crippen LogP contribution in [0.1, 0.15) is 35.6 Å². The number of aryl methyl sites for hydroxylation is 1. The number of carbonyl (C=O) groups excluding carboxylic acids is 1. The molecule has 3 aromatic rings. The number of benzene rings is 3. The highest BCUT2D eigenvalue weighted by atomic mass is 32.2. The molecule has 166 valence electrons. The predicted molar refractivity (Wildman–Crippen MR) is 121 cm³/mol. The van der Waals surface area contributed by atoms with E-state index in [-0.39, 0.29) is 11.4 Å². The molecule has 32 heavy (non-hydrogen) atoms. The zero-order valence-corrected chi connectivity index (χ0v) is 18.7. The molecule has 0 radical (unpaired) electrons. The smallest absolute Gasteiger partial charge is 0.265 e. The van der Waals surface area contributed by atoms with Crippen LogP contribution in [0.5, 0.6) is 0 Å². The minimum Gasteiger partial charge on any atom is -0.285 e. The minimum absolute atomic E-state index is 0.148. The Bertz CT molecular complexity index is 1130. The Labute approximate surface area is 188 Å². The van der Waals surface area contributed by atoms with Crippen LogP contribution in [-0.2, 0) is 14.8 Å². The second-order valence-corrected chi connectivity index (χ2v) is 9.88. The van der Waals surface area contributed by atoms with Gasteiger partial charge < -0.3 is 0 Å². The number of nitrogens with zero attached hydrogens (tertiary/aromatic N) is 2. The van der Waals surface area contributed by atoms with Gasteiger partial charge in [0.15, 0.2) is 0 Å². The van der Waals surface area contributed by atoms with E-state index in [0.29, 0.717) is 17.9 Å². The van der Waals surface area contributed by atoms with Crippen molar-refractivity contribution in [2.45, 2.75) is 36.7 Å². The third kappa shape index (κ3) is 4.32. The number of sulfonamides is 1. The quantitative estimate of drug-likeness (QED) is 0.452. The zero-order chi connectivity index (χ0) is 22.7. The summed E-state index contributed by atoms with van der Waals surface area (Å²) < 4.78 is 27.8. The molecule has 0 spiro atoms. The van der Waals surface area contributed by atoms with Crippen LogP contribution >= 0.6 is 0 Å². The Kier molecular flexibility index (Phi) is 6.41. The fourth-order valence-electron chi connectivity index (χ4n) is 4.15. The Morgan fingerprint density at radius 3 is 2.00 bits per heavy atom. The van der Waals surface area contributed by atoms with Crippen molar-refractivity contribution < 1.29 is 18.4 Å². The first kappa shape index (κ1) is 22.2. The van der Waals surface area contributed by atoms with Gasteiger partial charge in [-0.1, -0.05) is 78.4 Å². The molecule has 1 heterocycles. The van der Waals surface area contributed by atoms with Gasteiger partial charge in [-0.3, -0.25) is 10.0 Å². The van der Waals surface area contributed by atoms with E-state index in [1.54, 1.807) is 24.3 Å². The van der Waals surface area contributed by atoms with E-state index in [0.717, 1.165) is 16.7 Å². The maximum atomic E-state index is 13.4. The topological polar surface area (TPSA) is 77.9 Å². The Morgan fingerprint density at radius 1 is 0.938 bits per heavy atom. The summed E-state index contributed by atoms with van der Waals surface area (Å²) in [4.78, 5) is 13.6. The lowest BCUT2D eigenvalue weighted by Crippen LogP contribution is -2.47. The lowest BCUT2D eigenvalue weighted by molar-refractivity contribution is -0.176. The normalized spacial score (nSPS) is 16.9. The molecule has 0 saturated carbocycles. The largest absolute Gasteiger partial charge is 0.285 e. The highest BCUT2D eigenvalue weighted by molar-refractivity contribution is 7.89. The number of rotatable bonds is 6. The first-order valence-corrected chi connectivity index (χ1v) is 12.0. The minimum atomic E-state index is -3.86. The molecule has 1 aliphatic heterocycles. The van der Waals surface area contributed by atoms with E-state index in [1.165, 1.54) is 4.31 Å². The summed E-state index contributed by atoms with van der Waals surface area (Å²) in [5.41, 5.74) is 2.43. The molecule has 4 rings (SSSR count). The molecule has 1 saturated heterocycles. The predicted octanol–water partition coefficient (Wildman–Crippen LogP) is 4.16. The third-order valence-corrected chi connectivity index (χ3v) is 7.74. The van der Waals surface area contributed by atoms with Gasteiger partial charge in [0.1, 0.15) is 12.1 Å². The van der Waals surface area contributed by atoms with Gasteiger partial charge in [-0.05, 0) is 43.0 Å². The summed E-state index contributed by atoms with van der Waals surface area (Å²) in [6.45, 7) is 2.12. The van der Waals surface area contributed by atoms with Gasteiger partial charge in [-0.15, -0.1) is 0 Å². The van der Waals surface area contributed by atoms with Gasteiger partial charge in [0, 0.05) is 6.54 Å². The van der Waals surface area contributed by atoms with E-state index in [2.05, 4.69) is 0 Å². The second kappa shape index (κ2) is 9.24. The van der Waals surface area contributed by atoms with E-state index >= 15 is 0 Å². The molecule has 0 unspecified atom stereocenters. The summed E-state index contributed by atoms with van der Waals surface area (Å²) in [5, 5.41) is 11.8. The van der Waals surface area contributed by atoms with E-state index in [9.17, 15) is 18.4 Å². The summed E-state index contributed by atoms with van der Waals surface area (Å²) in [6, 6.07) is 23.3. The number of hydrogen-bond donors (Lipinski definition) is 1. The molecule has 1 amide bonds. The molecule has 0 bridgehead atoms. The fraction of sp³-hybridized carbons (Fsp3) is 0.240. The van der Waals surface area contributed by atoms with Crippen molar-refractivity contribution in [3.8, 4) is 0 Å². The van der Waals surface area contributed by atoms with Gasteiger partial charge in [0.05, 0.1) is 4.90 Å². The van der Waals surface area contributed by atoms with Crippen molar-refractivity contribution in [3.05, 3.63) is 102 Å². The zero-order valence-electron chi connectivity index (χ0n) is 17.8. The van der Waals surface area contributed by atoms with Crippen molar-refractivity contribution in [1.29, 1.82) is 0 Å². The molecule has 0 aromatic heterocycles. The molecule has 3 aromatic carbocycles. The molecular weight excluding hydrogens is 424 g/mol. The van der Waals surface area contributed by atoms with Gasteiger partial charge in [0.25, 0.3) is 5.91 Å². The highest BCUT2D eigenvalue weighted by Crippen LogP contribution is 2.32. The number of amides is 1. The average molecular weight is 451 g/mol. The Balaban J connectivity index is 1.66. The summed E-state index contributed by atoms with van der Waals surface area (Å²) in [7, 11) is -3.86. The van der Waals surface area contributed by atoms with Crippen molar-refractivity contribution >= 4 is 15.9 Å². The highest BCUT2D eigenvalue weighted by Gasteiger charge is 2.42. The first-order chi connectivity index (χ1) is 15.4. The van der Waals surface area contributed by atoms with Crippen LogP contribution in [0, 0.1) is 6.92 Å². The summed E-state index contributed by atoms with van der Waals surface area (Å²) >= 11 is 0. The molecule has 1 fully saturated rings. The Morgan fingerprint density at radius 2 is 1.47 bits per heavy atom. The van der Waals surface area contributed by atoms with Crippen molar-refractivity contribution in [2.24, 2.45) is 0 Å².